The molecule has 1 amide bonds. The number of allylic oxidation sites excluding steroid dienone is 3. The standard InChI is InChI=1S/C20H23NO4.ClH/c1-25-20(24)15-9-10-21-17(15)11-16(19(21)23)18(22)14-8-4-6-12-5-2-3-7-13(12)14;/h4,6,11-14H,2-3,5,7-10H2,1H3;1H/t12-,13?,14?;/m1./s1. The molecule has 26 heavy (non-hydrogen) atoms. The summed E-state index contributed by atoms with van der Waals surface area (Å²) in [6.45, 7) is 0.447. The normalized spacial score (nSPS) is 29.7. The molecule has 0 spiro atoms. The number of halogens is 1. The minimum atomic E-state index is -0.414. The van der Waals surface area contributed by atoms with Gasteiger partial charge in [-0.25, -0.2) is 4.79 Å². The van der Waals surface area contributed by atoms with Gasteiger partial charge in [0.15, 0.2) is 5.78 Å². The molecule has 0 saturated heterocycles. The molecule has 2 aliphatic carbocycles. The van der Waals surface area contributed by atoms with Crippen molar-refractivity contribution in [2.24, 2.45) is 17.8 Å². The highest BCUT2D eigenvalue weighted by atomic mass is 35.5. The van der Waals surface area contributed by atoms with E-state index in [1.165, 1.54) is 13.5 Å². The first kappa shape index (κ1) is 18.9. The third-order valence-electron chi connectivity index (χ3n) is 6.14. The summed E-state index contributed by atoms with van der Waals surface area (Å²) < 4.78 is 4.80. The van der Waals surface area contributed by atoms with Crippen LogP contribution in [0.25, 0.3) is 0 Å². The minimum Gasteiger partial charge on any atom is -0.466 e. The van der Waals surface area contributed by atoms with Gasteiger partial charge < -0.3 is 9.64 Å². The summed E-state index contributed by atoms with van der Waals surface area (Å²) >= 11 is 0. The zero-order valence-electron chi connectivity index (χ0n) is 14.9. The lowest BCUT2D eigenvalue weighted by Crippen LogP contribution is -2.36. The molecule has 3 atom stereocenters. The van der Waals surface area contributed by atoms with Gasteiger partial charge in [-0.3, -0.25) is 9.59 Å². The second kappa shape index (κ2) is 7.39. The Bertz CT molecular complexity index is 736. The van der Waals surface area contributed by atoms with Crippen LogP contribution in [0.5, 0.6) is 0 Å². The number of amides is 1. The summed E-state index contributed by atoms with van der Waals surface area (Å²) in [5.41, 5.74) is 1.31. The molecule has 5 nitrogen and oxygen atoms in total. The van der Waals surface area contributed by atoms with Crippen molar-refractivity contribution < 1.29 is 19.1 Å². The summed E-state index contributed by atoms with van der Waals surface area (Å²) in [6, 6.07) is 0. The fraction of sp³-hybridized carbons (Fsp3) is 0.550. The van der Waals surface area contributed by atoms with Gasteiger partial charge in [-0.15, -0.1) is 12.4 Å². The molecule has 6 heteroatoms. The first-order valence-electron chi connectivity index (χ1n) is 9.17. The number of fused-ring (bicyclic) bond motifs is 2. The molecule has 0 aromatic heterocycles. The van der Waals surface area contributed by atoms with Crippen LogP contribution in [0.3, 0.4) is 0 Å². The fourth-order valence-corrected chi connectivity index (χ4v) is 4.86. The lowest BCUT2D eigenvalue weighted by atomic mass is 9.66. The predicted molar refractivity (Wildman–Crippen MR) is 98.4 cm³/mol. The smallest absolute Gasteiger partial charge is 0.335 e. The molecule has 2 unspecified atom stereocenters. The van der Waals surface area contributed by atoms with Gasteiger partial charge in [-0.2, -0.15) is 0 Å². The number of hydrogen-bond donors (Lipinski definition) is 0. The van der Waals surface area contributed by atoms with E-state index in [9.17, 15) is 14.4 Å². The van der Waals surface area contributed by atoms with Gasteiger partial charge in [-0.1, -0.05) is 25.0 Å². The molecule has 1 fully saturated rings. The maximum Gasteiger partial charge on any atom is 0.335 e. The van der Waals surface area contributed by atoms with Crippen molar-refractivity contribution in [3.8, 4) is 0 Å². The van der Waals surface area contributed by atoms with Crippen LogP contribution < -0.4 is 0 Å². The van der Waals surface area contributed by atoms with E-state index in [-0.39, 0.29) is 35.6 Å². The highest BCUT2D eigenvalue weighted by Gasteiger charge is 2.44. The van der Waals surface area contributed by atoms with E-state index in [0.29, 0.717) is 42.5 Å². The highest BCUT2D eigenvalue weighted by molar-refractivity contribution is 6.23. The number of carbonyl (C=O) groups is 3. The van der Waals surface area contributed by atoms with E-state index < -0.39 is 5.97 Å². The summed E-state index contributed by atoms with van der Waals surface area (Å²) in [6.07, 6.45) is 11.8. The molecule has 0 radical (unpaired) electrons. The summed E-state index contributed by atoms with van der Waals surface area (Å²) in [4.78, 5) is 39.3. The highest BCUT2D eigenvalue weighted by Crippen LogP contribution is 2.43. The average molecular weight is 378 g/mol. The van der Waals surface area contributed by atoms with Gasteiger partial charge in [-0.05, 0) is 43.6 Å². The van der Waals surface area contributed by atoms with E-state index in [0.717, 1.165) is 19.3 Å². The van der Waals surface area contributed by atoms with Crippen LogP contribution in [-0.4, -0.2) is 36.2 Å². The molecule has 4 aliphatic rings. The Kier molecular flexibility index (Phi) is 5.37. The quantitative estimate of drug-likeness (QED) is 0.431. The van der Waals surface area contributed by atoms with E-state index in [2.05, 4.69) is 12.2 Å². The molecular formula is C20H24ClNO4. The summed E-state index contributed by atoms with van der Waals surface area (Å²) in [5, 5.41) is 0. The van der Waals surface area contributed by atoms with Gasteiger partial charge in [0.05, 0.1) is 24.0 Å². The van der Waals surface area contributed by atoms with Crippen molar-refractivity contribution in [3.05, 3.63) is 35.1 Å². The van der Waals surface area contributed by atoms with E-state index >= 15 is 0 Å². The number of rotatable bonds is 3. The van der Waals surface area contributed by atoms with Crippen molar-refractivity contribution >= 4 is 30.1 Å². The Morgan fingerprint density at radius 2 is 2.00 bits per heavy atom. The number of ketones is 1. The van der Waals surface area contributed by atoms with Gasteiger partial charge in [0.2, 0.25) is 0 Å². The lowest BCUT2D eigenvalue weighted by molar-refractivity contribution is -0.136. The predicted octanol–water partition coefficient (Wildman–Crippen LogP) is 2.96. The molecule has 0 N–H and O–H groups in total. The third-order valence-corrected chi connectivity index (χ3v) is 6.14. The Morgan fingerprint density at radius 1 is 1.23 bits per heavy atom. The van der Waals surface area contributed by atoms with Crippen LogP contribution >= 0.6 is 12.4 Å². The number of nitrogens with zero attached hydrogens (tertiary/aromatic N) is 1. The summed E-state index contributed by atoms with van der Waals surface area (Å²) in [5.74, 6) is 0.0109. The molecular weight excluding hydrogens is 354 g/mol. The molecule has 140 valence electrons. The van der Waals surface area contributed by atoms with Gasteiger partial charge in [0.1, 0.15) is 0 Å². The molecule has 0 bridgehead atoms. The second-order valence-corrected chi connectivity index (χ2v) is 7.37. The van der Waals surface area contributed by atoms with Crippen molar-refractivity contribution in [2.75, 3.05) is 13.7 Å². The summed E-state index contributed by atoms with van der Waals surface area (Å²) in [7, 11) is 1.34. The van der Waals surface area contributed by atoms with Crippen LogP contribution in [0.4, 0.5) is 0 Å². The molecule has 2 heterocycles. The van der Waals surface area contributed by atoms with E-state index in [1.54, 1.807) is 11.0 Å². The number of methoxy groups -OCH3 is 1. The maximum absolute atomic E-state index is 13.2. The second-order valence-electron chi connectivity index (χ2n) is 7.37. The van der Waals surface area contributed by atoms with Crippen LogP contribution in [0.2, 0.25) is 0 Å². The number of ether oxygens (including phenoxy) is 1. The van der Waals surface area contributed by atoms with Gasteiger partial charge in [0.25, 0.3) is 5.91 Å². The Hall–Kier alpha value is -1.88. The number of Topliss-reactive ketones (excluding diaryl/α,β-unsaturated/α-hetero) is 1. The van der Waals surface area contributed by atoms with Crippen LogP contribution in [0.1, 0.15) is 38.5 Å². The van der Waals surface area contributed by atoms with Gasteiger partial charge >= 0.3 is 5.97 Å². The molecule has 1 saturated carbocycles. The average Bonchev–Trinajstić information content (AvgIpc) is 3.20. The molecule has 4 rings (SSSR count). The van der Waals surface area contributed by atoms with Crippen molar-refractivity contribution in [2.45, 2.75) is 38.5 Å². The maximum atomic E-state index is 13.2. The molecule has 2 aliphatic heterocycles. The zero-order valence-corrected chi connectivity index (χ0v) is 15.7. The number of esters is 1. The van der Waals surface area contributed by atoms with Crippen molar-refractivity contribution in [1.82, 2.24) is 4.90 Å². The minimum absolute atomic E-state index is 0. The van der Waals surface area contributed by atoms with Crippen molar-refractivity contribution in [3.63, 3.8) is 0 Å². The van der Waals surface area contributed by atoms with Crippen LogP contribution in [-0.2, 0) is 19.1 Å². The lowest BCUT2D eigenvalue weighted by Gasteiger charge is -2.37. The SMILES string of the molecule is COC(=O)C1=C2C=C(C(=O)C3CC=C[C@H]4CCCCC34)C(=O)N2CC1.Cl. The van der Waals surface area contributed by atoms with Gasteiger partial charge in [0, 0.05) is 12.5 Å². The van der Waals surface area contributed by atoms with E-state index in [4.69, 9.17) is 4.74 Å². The van der Waals surface area contributed by atoms with E-state index in [1.807, 2.05) is 0 Å². The number of carbonyl (C=O) groups excluding carboxylic acids is 3. The molecule has 0 aromatic carbocycles. The molecule has 0 aromatic rings. The van der Waals surface area contributed by atoms with Crippen LogP contribution in [0.15, 0.2) is 35.1 Å². The monoisotopic (exact) mass is 377 g/mol. The third kappa shape index (κ3) is 2.92. The van der Waals surface area contributed by atoms with Crippen LogP contribution in [0, 0.1) is 17.8 Å². The Labute approximate surface area is 159 Å². The Balaban J connectivity index is 0.00000196. The first-order valence-corrected chi connectivity index (χ1v) is 9.17. The number of hydrogen-bond acceptors (Lipinski definition) is 4. The first-order chi connectivity index (χ1) is 12.1. The topological polar surface area (TPSA) is 63.7 Å². The van der Waals surface area contributed by atoms with Crippen molar-refractivity contribution in [1.29, 1.82) is 0 Å². The zero-order chi connectivity index (χ0) is 17.6. The fourth-order valence-electron chi connectivity index (χ4n) is 4.86. The largest absolute Gasteiger partial charge is 0.466 e. The Morgan fingerprint density at radius 3 is 2.77 bits per heavy atom.